The van der Waals surface area contributed by atoms with Gasteiger partial charge in [0.15, 0.2) is 6.61 Å². The van der Waals surface area contributed by atoms with Gasteiger partial charge in [0.1, 0.15) is 5.82 Å². The van der Waals surface area contributed by atoms with Crippen LogP contribution in [0.25, 0.3) is 0 Å². The second-order valence-corrected chi connectivity index (χ2v) is 4.56. The third kappa shape index (κ3) is 3.94. The summed E-state index contributed by atoms with van der Waals surface area (Å²) in [4.78, 5) is 22.9. The Balaban J connectivity index is 1.82. The molecule has 0 bridgehead atoms. The molecule has 0 heterocycles. The molecule has 0 aromatic heterocycles. The molecule has 1 fully saturated rings. The maximum atomic E-state index is 13.3. The lowest BCUT2D eigenvalue weighted by atomic mass is 10.2. The topological polar surface area (TPSA) is 81.4 Å². The number of rotatable bonds is 5. The van der Waals surface area contributed by atoms with E-state index < -0.39 is 18.4 Å². The molecule has 0 aliphatic heterocycles. The summed E-state index contributed by atoms with van der Waals surface area (Å²) in [5.41, 5.74) is 5.44. The number of carbonyl (C=O) groups excluding carboxylic acids is 2. The fraction of sp³-hybridized carbons (Fsp3) is 0.385. The van der Waals surface area contributed by atoms with E-state index in [1.165, 1.54) is 12.1 Å². The molecule has 1 aromatic carbocycles. The van der Waals surface area contributed by atoms with Gasteiger partial charge in [-0.25, -0.2) is 9.18 Å². The largest absolute Gasteiger partial charge is 0.452 e. The van der Waals surface area contributed by atoms with Crippen LogP contribution < -0.4 is 11.1 Å². The molecule has 6 heteroatoms. The SMILES string of the molecule is Nc1ccc(F)c(C(=O)OCC(=O)NCC2CC2)c1. The number of carbonyl (C=O) groups is 2. The molecule has 19 heavy (non-hydrogen) atoms. The molecule has 5 nitrogen and oxygen atoms in total. The van der Waals surface area contributed by atoms with Crippen molar-refractivity contribution in [3.8, 4) is 0 Å². The maximum Gasteiger partial charge on any atom is 0.341 e. The van der Waals surface area contributed by atoms with Crippen LogP contribution in [0.4, 0.5) is 10.1 Å². The van der Waals surface area contributed by atoms with Crippen LogP contribution in [0.3, 0.4) is 0 Å². The standard InChI is InChI=1S/C13H15FN2O3/c14-11-4-3-9(15)5-10(11)13(18)19-7-12(17)16-6-8-1-2-8/h3-5,8H,1-2,6-7,15H2,(H,16,17). The third-order valence-electron chi connectivity index (χ3n) is 2.83. The Morgan fingerprint density at radius 2 is 2.16 bits per heavy atom. The van der Waals surface area contributed by atoms with Crippen LogP contribution in [0.15, 0.2) is 18.2 Å². The number of halogens is 1. The minimum absolute atomic E-state index is 0.256. The first kappa shape index (κ1) is 13.3. The molecule has 1 aliphatic carbocycles. The van der Waals surface area contributed by atoms with E-state index >= 15 is 0 Å². The van der Waals surface area contributed by atoms with E-state index in [0.717, 1.165) is 18.9 Å². The molecule has 1 aliphatic rings. The average molecular weight is 266 g/mol. The van der Waals surface area contributed by atoms with Crippen molar-refractivity contribution in [3.63, 3.8) is 0 Å². The Labute approximate surface area is 109 Å². The normalized spacial score (nSPS) is 13.9. The highest BCUT2D eigenvalue weighted by Crippen LogP contribution is 2.27. The molecule has 0 saturated heterocycles. The van der Waals surface area contributed by atoms with Crippen molar-refractivity contribution in [1.82, 2.24) is 5.32 Å². The van der Waals surface area contributed by atoms with Gasteiger partial charge in [-0.2, -0.15) is 0 Å². The van der Waals surface area contributed by atoms with E-state index in [9.17, 15) is 14.0 Å². The number of nitrogen functional groups attached to an aromatic ring is 1. The zero-order chi connectivity index (χ0) is 13.8. The smallest absolute Gasteiger partial charge is 0.341 e. The first-order valence-electron chi connectivity index (χ1n) is 6.05. The third-order valence-corrected chi connectivity index (χ3v) is 2.83. The molecule has 0 unspecified atom stereocenters. The number of anilines is 1. The average Bonchev–Trinajstić information content (AvgIpc) is 3.20. The van der Waals surface area contributed by atoms with Gasteiger partial charge < -0.3 is 15.8 Å². The van der Waals surface area contributed by atoms with Crippen molar-refractivity contribution in [2.24, 2.45) is 5.92 Å². The van der Waals surface area contributed by atoms with E-state index in [1.54, 1.807) is 0 Å². The molecule has 1 amide bonds. The maximum absolute atomic E-state index is 13.3. The van der Waals surface area contributed by atoms with Gasteiger partial charge in [-0.1, -0.05) is 0 Å². The number of amides is 1. The molecule has 2 rings (SSSR count). The summed E-state index contributed by atoms with van der Waals surface area (Å²) in [5, 5.41) is 2.64. The van der Waals surface area contributed by atoms with Gasteiger partial charge in [0.2, 0.25) is 0 Å². The van der Waals surface area contributed by atoms with E-state index in [0.29, 0.717) is 12.5 Å². The summed E-state index contributed by atoms with van der Waals surface area (Å²) in [5.74, 6) is -1.46. The number of benzene rings is 1. The molecule has 1 saturated carbocycles. The van der Waals surface area contributed by atoms with Gasteiger partial charge in [-0.3, -0.25) is 4.79 Å². The zero-order valence-electron chi connectivity index (χ0n) is 10.3. The zero-order valence-corrected chi connectivity index (χ0v) is 10.3. The predicted octanol–water partition coefficient (Wildman–Crippen LogP) is 1.09. The van der Waals surface area contributed by atoms with Crippen molar-refractivity contribution in [3.05, 3.63) is 29.6 Å². The van der Waals surface area contributed by atoms with Crippen LogP contribution in [0.1, 0.15) is 23.2 Å². The number of nitrogens with one attached hydrogen (secondary N) is 1. The van der Waals surface area contributed by atoms with Gasteiger partial charge in [0.05, 0.1) is 5.56 Å². The molecular formula is C13H15FN2O3. The minimum Gasteiger partial charge on any atom is -0.452 e. The summed E-state index contributed by atoms with van der Waals surface area (Å²) in [6.07, 6.45) is 2.24. The molecular weight excluding hydrogens is 251 g/mol. The van der Waals surface area contributed by atoms with Crippen LogP contribution in [-0.4, -0.2) is 25.0 Å². The summed E-state index contributed by atoms with van der Waals surface area (Å²) in [6.45, 7) is 0.183. The minimum atomic E-state index is -0.897. The van der Waals surface area contributed by atoms with E-state index in [1.807, 2.05) is 0 Å². The van der Waals surface area contributed by atoms with Crippen LogP contribution in [-0.2, 0) is 9.53 Å². The molecule has 3 N–H and O–H groups in total. The highest BCUT2D eigenvalue weighted by Gasteiger charge is 2.22. The Hall–Kier alpha value is -2.11. The van der Waals surface area contributed by atoms with Crippen molar-refractivity contribution in [1.29, 1.82) is 0 Å². The van der Waals surface area contributed by atoms with Crippen molar-refractivity contribution in [2.45, 2.75) is 12.8 Å². The summed E-state index contributed by atoms with van der Waals surface area (Å²) in [6, 6.07) is 3.60. The van der Waals surface area contributed by atoms with Gasteiger partial charge >= 0.3 is 5.97 Å². The number of esters is 1. The second kappa shape index (κ2) is 5.69. The van der Waals surface area contributed by atoms with Gasteiger partial charge in [0.25, 0.3) is 5.91 Å². The highest BCUT2D eigenvalue weighted by atomic mass is 19.1. The van der Waals surface area contributed by atoms with Crippen LogP contribution in [0.2, 0.25) is 0 Å². The molecule has 102 valence electrons. The Kier molecular flexibility index (Phi) is 3.99. The number of nitrogens with two attached hydrogens (primary N) is 1. The lowest BCUT2D eigenvalue weighted by Crippen LogP contribution is -2.30. The van der Waals surface area contributed by atoms with Crippen molar-refractivity contribution >= 4 is 17.6 Å². The highest BCUT2D eigenvalue weighted by molar-refractivity contribution is 5.92. The Bertz CT molecular complexity index is 501. The van der Waals surface area contributed by atoms with Crippen molar-refractivity contribution in [2.75, 3.05) is 18.9 Å². The molecule has 1 aromatic rings. The number of hydrogen-bond donors (Lipinski definition) is 2. The second-order valence-electron chi connectivity index (χ2n) is 4.56. The lowest BCUT2D eigenvalue weighted by Gasteiger charge is -2.07. The number of hydrogen-bond acceptors (Lipinski definition) is 4. The monoisotopic (exact) mass is 266 g/mol. The van der Waals surface area contributed by atoms with E-state index in [4.69, 9.17) is 10.5 Å². The summed E-state index contributed by atoms with van der Waals surface area (Å²) >= 11 is 0. The number of ether oxygens (including phenoxy) is 1. The van der Waals surface area contributed by atoms with Crippen LogP contribution in [0, 0.1) is 11.7 Å². The van der Waals surface area contributed by atoms with E-state index in [-0.39, 0.29) is 17.2 Å². The lowest BCUT2D eigenvalue weighted by molar-refractivity contribution is -0.124. The first-order valence-corrected chi connectivity index (χ1v) is 6.05. The first-order chi connectivity index (χ1) is 9.06. The van der Waals surface area contributed by atoms with Gasteiger partial charge in [-0.15, -0.1) is 0 Å². The molecule has 0 spiro atoms. The quantitative estimate of drug-likeness (QED) is 0.617. The molecule has 0 radical (unpaired) electrons. The van der Waals surface area contributed by atoms with Crippen LogP contribution in [0.5, 0.6) is 0 Å². The predicted molar refractivity (Wildman–Crippen MR) is 66.8 cm³/mol. The summed E-state index contributed by atoms with van der Waals surface area (Å²) < 4.78 is 18.1. The van der Waals surface area contributed by atoms with Crippen molar-refractivity contribution < 1.29 is 18.7 Å². The van der Waals surface area contributed by atoms with Gasteiger partial charge in [0, 0.05) is 12.2 Å². The Morgan fingerprint density at radius 3 is 2.84 bits per heavy atom. The van der Waals surface area contributed by atoms with E-state index in [2.05, 4.69) is 5.32 Å². The molecule has 0 atom stereocenters. The Morgan fingerprint density at radius 1 is 1.42 bits per heavy atom. The van der Waals surface area contributed by atoms with Crippen LogP contribution >= 0.6 is 0 Å². The summed E-state index contributed by atoms with van der Waals surface area (Å²) in [7, 11) is 0. The fourth-order valence-electron chi connectivity index (χ4n) is 1.54. The van der Waals surface area contributed by atoms with Gasteiger partial charge in [-0.05, 0) is 37.0 Å². The fourth-order valence-corrected chi connectivity index (χ4v) is 1.54.